The highest BCUT2D eigenvalue weighted by Gasteiger charge is 2.26. The number of aryl methyl sites for hydroxylation is 2. The summed E-state index contributed by atoms with van der Waals surface area (Å²) in [4.78, 5) is 13.2. The van der Waals surface area contributed by atoms with E-state index in [0.29, 0.717) is 6.54 Å². The molecular formula is C15H21N3O2. The number of hydrogen-bond donors (Lipinski definition) is 1. The average Bonchev–Trinajstić information content (AvgIpc) is 2.71. The lowest BCUT2D eigenvalue weighted by Crippen LogP contribution is -2.39. The Labute approximate surface area is 119 Å². The van der Waals surface area contributed by atoms with Crippen LogP contribution in [0.25, 0.3) is 0 Å². The molecule has 0 spiro atoms. The van der Waals surface area contributed by atoms with Gasteiger partial charge in [0.05, 0.1) is 11.6 Å². The molecule has 1 aliphatic carbocycles. The molecular weight excluding hydrogens is 254 g/mol. The molecule has 0 unspecified atom stereocenters. The molecule has 1 atom stereocenters. The first kappa shape index (κ1) is 13.3. The fourth-order valence-electron chi connectivity index (χ4n) is 3.20. The lowest BCUT2D eigenvalue weighted by Gasteiger charge is -2.31. The van der Waals surface area contributed by atoms with Crippen molar-refractivity contribution >= 4 is 11.8 Å². The summed E-state index contributed by atoms with van der Waals surface area (Å²) in [6.45, 7) is 1.44. The van der Waals surface area contributed by atoms with Crippen molar-refractivity contribution in [2.45, 2.75) is 44.9 Å². The number of aromatic nitrogens is 2. The molecule has 0 amide bonds. The summed E-state index contributed by atoms with van der Waals surface area (Å²) in [5.74, 6) is -0.113. The molecule has 5 nitrogen and oxygen atoms in total. The van der Waals surface area contributed by atoms with Crippen LogP contribution in [0.2, 0.25) is 0 Å². The van der Waals surface area contributed by atoms with Crippen LogP contribution in [0.15, 0.2) is 6.07 Å². The molecule has 1 fully saturated rings. The summed E-state index contributed by atoms with van der Waals surface area (Å²) in [6, 6.07) is 2.14. The van der Waals surface area contributed by atoms with E-state index in [9.17, 15) is 4.79 Å². The van der Waals surface area contributed by atoms with Gasteiger partial charge >= 0.3 is 5.97 Å². The van der Waals surface area contributed by atoms with Crippen LogP contribution in [-0.2, 0) is 17.6 Å². The summed E-state index contributed by atoms with van der Waals surface area (Å²) < 4.78 is 0. The fraction of sp³-hybridized carbons (Fsp3) is 0.667. The number of piperidine rings is 1. The Hall–Kier alpha value is -1.65. The highest BCUT2D eigenvalue weighted by molar-refractivity contribution is 5.71. The first-order valence-electron chi connectivity index (χ1n) is 7.57. The van der Waals surface area contributed by atoms with Gasteiger partial charge in [-0.2, -0.15) is 5.10 Å². The maximum absolute atomic E-state index is 11.1. The minimum atomic E-state index is -0.697. The van der Waals surface area contributed by atoms with Crippen molar-refractivity contribution in [3.05, 3.63) is 17.3 Å². The lowest BCUT2D eigenvalue weighted by atomic mass is 9.98. The van der Waals surface area contributed by atoms with E-state index in [1.54, 1.807) is 0 Å². The van der Waals surface area contributed by atoms with Crippen molar-refractivity contribution in [1.29, 1.82) is 0 Å². The SMILES string of the molecule is O=C(O)[C@@H]1CCCN(c2cc3c(nn2)CCCCC3)C1. The van der Waals surface area contributed by atoms with Gasteiger partial charge in [-0.15, -0.1) is 5.10 Å². The second kappa shape index (κ2) is 5.77. The molecule has 1 aliphatic heterocycles. The van der Waals surface area contributed by atoms with Crippen LogP contribution in [0, 0.1) is 5.92 Å². The number of aliphatic carboxylic acids is 1. The predicted octanol–water partition coefficient (Wildman–Crippen LogP) is 2.05. The molecule has 20 heavy (non-hydrogen) atoms. The summed E-state index contributed by atoms with van der Waals surface area (Å²) in [5.41, 5.74) is 2.45. The van der Waals surface area contributed by atoms with Gasteiger partial charge in [-0.1, -0.05) is 6.42 Å². The predicted molar refractivity (Wildman–Crippen MR) is 75.9 cm³/mol. The largest absolute Gasteiger partial charge is 0.481 e. The molecule has 3 rings (SSSR count). The number of carbonyl (C=O) groups is 1. The Morgan fingerprint density at radius 1 is 1.20 bits per heavy atom. The molecule has 0 aromatic carbocycles. The highest BCUT2D eigenvalue weighted by atomic mass is 16.4. The second-order valence-corrected chi connectivity index (χ2v) is 5.86. The van der Waals surface area contributed by atoms with Crippen LogP contribution < -0.4 is 4.90 Å². The Kier molecular flexibility index (Phi) is 3.85. The standard InChI is InChI=1S/C15H21N3O2/c19-15(20)12-6-4-8-18(10-12)14-9-11-5-2-1-3-7-13(11)16-17-14/h9,12H,1-8,10H2,(H,19,20)/t12-/m1/s1. The third-order valence-corrected chi connectivity index (χ3v) is 4.40. The van der Waals surface area contributed by atoms with Gasteiger partial charge in [0, 0.05) is 13.1 Å². The summed E-state index contributed by atoms with van der Waals surface area (Å²) in [5, 5.41) is 17.9. The van der Waals surface area contributed by atoms with Gasteiger partial charge in [0.1, 0.15) is 0 Å². The van der Waals surface area contributed by atoms with Crippen LogP contribution in [0.1, 0.15) is 43.4 Å². The monoisotopic (exact) mass is 275 g/mol. The minimum Gasteiger partial charge on any atom is -0.481 e. The number of nitrogens with zero attached hydrogens (tertiary/aromatic N) is 3. The molecule has 0 bridgehead atoms. The molecule has 5 heteroatoms. The fourth-order valence-corrected chi connectivity index (χ4v) is 3.20. The van der Waals surface area contributed by atoms with E-state index in [4.69, 9.17) is 5.11 Å². The van der Waals surface area contributed by atoms with Crippen molar-refractivity contribution in [3.63, 3.8) is 0 Å². The van der Waals surface area contributed by atoms with Gasteiger partial charge < -0.3 is 10.0 Å². The average molecular weight is 275 g/mol. The molecule has 1 saturated heterocycles. The molecule has 108 valence electrons. The maximum atomic E-state index is 11.1. The van der Waals surface area contributed by atoms with E-state index < -0.39 is 5.97 Å². The topological polar surface area (TPSA) is 66.3 Å². The van der Waals surface area contributed by atoms with Crippen LogP contribution in [0.5, 0.6) is 0 Å². The van der Waals surface area contributed by atoms with Crippen molar-refractivity contribution in [1.82, 2.24) is 10.2 Å². The molecule has 2 heterocycles. The molecule has 1 aromatic heterocycles. The van der Waals surface area contributed by atoms with Crippen LogP contribution in [0.3, 0.4) is 0 Å². The summed E-state index contributed by atoms with van der Waals surface area (Å²) in [7, 11) is 0. The lowest BCUT2D eigenvalue weighted by molar-refractivity contribution is -0.141. The highest BCUT2D eigenvalue weighted by Crippen LogP contribution is 2.25. The first-order valence-corrected chi connectivity index (χ1v) is 7.57. The van der Waals surface area contributed by atoms with Gasteiger partial charge in [0.15, 0.2) is 5.82 Å². The van der Waals surface area contributed by atoms with E-state index in [-0.39, 0.29) is 5.92 Å². The van der Waals surface area contributed by atoms with Crippen molar-refractivity contribution in [2.24, 2.45) is 5.92 Å². The van der Waals surface area contributed by atoms with Crippen molar-refractivity contribution < 1.29 is 9.90 Å². The van der Waals surface area contributed by atoms with E-state index in [1.807, 2.05) is 0 Å². The van der Waals surface area contributed by atoms with Gasteiger partial charge in [0.25, 0.3) is 0 Å². The normalized spacial score (nSPS) is 23.0. The smallest absolute Gasteiger partial charge is 0.308 e. The third kappa shape index (κ3) is 2.76. The second-order valence-electron chi connectivity index (χ2n) is 5.86. The minimum absolute atomic E-state index is 0.274. The Morgan fingerprint density at radius 2 is 2.05 bits per heavy atom. The van der Waals surface area contributed by atoms with E-state index in [2.05, 4.69) is 21.2 Å². The van der Waals surface area contributed by atoms with Gasteiger partial charge in [-0.25, -0.2) is 0 Å². The number of carboxylic acid groups (broad SMARTS) is 1. The van der Waals surface area contributed by atoms with Crippen molar-refractivity contribution in [3.8, 4) is 0 Å². The molecule has 1 aromatic rings. The zero-order valence-electron chi connectivity index (χ0n) is 11.7. The van der Waals surface area contributed by atoms with Crippen LogP contribution in [-0.4, -0.2) is 34.4 Å². The van der Waals surface area contributed by atoms with E-state index in [1.165, 1.54) is 24.8 Å². The van der Waals surface area contributed by atoms with Crippen molar-refractivity contribution in [2.75, 3.05) is 18.0 Å². The number of anilines is 1. The maximum Gasteiger partial charge on any atom is 0.308 e. The number of fused-ring (bicyclic) bond motifs is 1. The molecule has 2 aliphatic rings. The zero-order chi connectivity index (χ0) is 13.9. The number of hydrogen-bond acceptors (Lipinski definition) is 4. The first-order chi connectivity index (χ1) is 9.74. The number of rotatable bonds is 2. The Balaban J connectivity index is 1.79. The quantitative estimate of drug-likeness (QED) is 0.837. The number of carboxylic acids is 1. The summed E-state index contributed by atoms with van der Waals surface area (Å²) in [6.07, 6.45) is 7.46. The Morgan fingerprint density at radius 3 is 2.90 bits per heavy atom. The third-order valence-electron chi connectivity index (χ3n) is 4.40. The van der Waals surface area contributed by atoms with Crippen LogP contribution >= 0.6 is 0 Å². The zero-order valence-corrected chi connectivity index (χ0v) is 11.7. The van der Waals surface area contributed by atoms with Gasteiger partial charge in [-0.3, -0.25) is 4.79 Å². The van der Waals surface area contributed by atoms with E-state index >= 15 is 0 Å². The van der Waals surface area contributed by atoms with Gasteiger partial charge in [0.2, 0.25) is 0 Å². The molecule has 0 saturated carbocycles. The Bertz CT molecular complexity index is 504. The van der Waals surface area contributed by atoms with Gasteiger partial charge in [-0.05, 0) is 50.2 Å². The van der Waals surface area contributed by atoms with Crippen LogP contribution in [0.4, 0.5) is 5.82 Å². The summed E-state index contributed by atoms with van der Waals surface area (Å²) >= 11 is 0. The molecule has 0 radical (unpaired) electrons. The van der Waals surface area contributed by atoms with E-state index in [0.717, 1.165) is 43.7 Å². The molecule has 1 N–H and O–H groups in total.